The van der Waals surface area contributed by atoms with E-state index < -0.39 is 17.6 Å². The molecule has 0 aromatic heterocycles. The molecule has 1 aliphatic rings. The Morgan fingerprint density at radius 1 is 1.28 bits per heavy atom. The number of ether oxygens (including phenoxy) is 2. The SMILES string of the molecule is O=C(Nc1cccc(C(F)(F)F)c1)c1cc(Cl)ccc1OCC1CO1. The number of nitrogens with one attached hydrogen (secondary N) is 1. The molecule has 2 aromatic carbocycles. The van der Waals surface area contributed by atoms with E-state index in [9.17, 15) is 18.0 Å². The summed E-state index contributed by atoms with van der Waals surface area (Å²) in [6.45, 7) is 0.880. The summed E-state index contributed by atoms with van der Waals surface area (Å²) in [4.78, 5) is 12.4. The van der Waals surface area contributed by atoms with Crippen LogP contribution in [0.3, 0.4) is 0 Å². The van der Waals surface area contributed by atoms with Gasteiger partial charge in [-0.05, 0) is 36.4 Å². The van der Waals surface area contributed by atoms with Gasteiger partial charge in [0.05, 0.1) is 17.7 Å². The lowest BCUT2D eigenvalue weighted by atomic mass is 10.1. The number of hydrogen-bond acceptors (Lipinski definition) is 3. The van der Waals surface area contributed by atoms with Crippen molar-refractivity contribution < 1.29 is 27.4 Å². The summed E-state index contributed by atoms with van der Waals surface area (Å²) in [7, 11) is 0. The molecule has 4 nitrogen and oxygen atoms in total. The average Bonchev–Trinajstić information content (AvgIpc) is 3.37. The Bertz CT molecular complexity index is 791. The molecule has 1 atom stereocenters. The summed E-state index contributed by atoms with van der Waals surface area (Å²) >= 11 is 5.91. The normalized spacial score (nSPS) is 16.4. The van der Waals surface area contributed by atoms with Crippen molar-refractivity contribution in [1.82, 2.24) is 0 Å². The number of halogens is 4. The largest absolute Gasteiger partial charge is 0.490 e. The maximum atomic E-state index is 12.8. The topological polar surface area (TPSA) is 50.9 Å². The Kier molecular flexibility index (Phi) is 4.87. The quantitative estimate of drug-likeness (QED) is 0.793. The van der Waals surface area contributed by atoms with Crippen LogP contribution in [0.25, 0.3) is 0 Å². The van der Waals surface area contributed by atoms with Crippen molar-refractivity contribution >= 4 is 23.2 Å². The molecule has 1 heterocycles. The number of rotatable bonds is 5. The van der Waals surface area contributed by atoms with E-state index >= 15 is 0 Å². The first kappa shape index (κ1) is 17.6. The van der Waals surface area contributed by atoms with E-state index in [1.54, 1.807) is 6.07 Å². The lowest BCUT2D eigenvalue weighted by Gasteiger charge is -2.13. The highest BCUT2D eigenvalue weighted by atomic mass is 35.5. The minimum atomic E-state index is -4.49. The van der Waals surface area contributed by atoms with E-state index in [1.165, 1.54) is 24.3 Å². The Morgan fingerprint density at radius 3 is 2.72 bits per heavy atom. The summed E-state index contributed by atoms with van der Waals surface area (Å²) in [6, 6.07) is 8.87. The highest BCUT2D eigenvalue weighted by molar-refractivity contribution is 6.31. The molecule has 25 heavy (non-hydrogen) atoms. The van der Waals surface area contributed by atoms with Crippen LogP contribution in [0.2, 0.25) is 5.02 Å². The number of anilines is 1. The van der Waals surface area contributed by atoms with Crippen molar-refractivity contribution in [3.05, 3.63) is 58.6 Å². The summed E-state index contributed by atoms with van der Waals surface area (Å²) in [5.74, 6) is -0.335. The molecule has 0 bridgehead atoms. The van der Waals surface area contributed by atoms with Gasteiger partial charge >= 0.3 is 6.18 Å². The fourth-order valence-corrected chi connectivity index (χ4v) is 2.30. The van der Waals surface area contributed by atoms with Gasteiger partial charge in [0.1, 0.15) is 18.5 Å². The lowest BCUT2D eigenvalue weighted by molar-refractivity contribution is -0.137. The van der Waals surface area contributed by atoms with Gasteiger partial charge in [0.15, 0.2) is 0 Å². The first-order valence-electron chi connectivity index (χ1n) is 7.35. The monoisotopic (exact) mass is 371 g/mol. The molecule has 132 valence electrons. The number of hydrogen-bond donors (Lipinski definition) is 1. The van der Waals surface area contributed by atoms with Crippen molar-refractivity contribution in [2.75, 3.05) is 18.5 Å². The molecular formula is C17H13ClF3NO3. The first-order valence-corrected chi connectivity index (χ1v) is 7.73. The Labute approximate surface area is 146 Å². The Balaban J connectivity index is 1.79. The number of benzene rings is 2. The van der Waals surface area contributed by atoms with E-state index in [0.29, 0.717) is 11.6 Å². The number of amides is 1. The van der Waals surface area contributed by atoms with Gasteiger partial charge in [-0.25, -0.2) is 0 Å². The highest BCUT2D eigenvalue weighted by Crippen LogP contribution is 2.31. The van der Waals surface area contributed by atoms with Crippen LogP contribution in [0.15, 0.2) is 42.5 Å². The molecular weight excluding hydrogens is 359 g/mol. The van der Waals surface area contributed by atoms with Gasteiger partial charge in [0, 0.05) is 10.7 Å². The molecule has 0 radical (unpaired) electrons. The van der Waals surface area contributed by atoms with Gasteiger partial charge in [-0.15, -0.1) is 0 Å². The summed E-state index contributed by atoms with van der Waals surface area (Å²) in [6.07, 6.45) is -4.50. The number of carbonyl (C=O) groups excluding carboxylic acids is 1. The first-order chi connectivity index (χ1) is 11.8. The molecule has 1 aliphatic heterocycles. The van der Waals surface area contributed by atoms with Crippen molar-refractivity contribution in [2.24, 2.45) is 0 Å². The van der Waals surface area contributed by atoms with Crippen LogP contribution in [0.4, 0.5) is 18.9 Å². The fourth-order valence-electron chi connectivity index (χ4n) is 2.12. The van der Waals surface area contributed by atoms with Crippen molar-refractivity contribution in [3.63, 3.8) is 0 Å². The lowest BCUT2D eigenvalue weighted by Crippen LogP contribution is -2.15. The van der Waals surface area contributed by atoms with Crippen LogP contribution < -0.4 is 10.1 Å². The predicted molar refractivity (Wildman–Crippen MR) is 86.1 cm³/mol. The van der Waals surface area contributed by atoms with Crippen LogP contribution in [-0.2, 0) is 10.9 Å². The zero-order chi connectivity index (χ0) is 18.0. The smallest absolute Gasteiger partial charge is 0.416 e. The van der Waals surface area contributed by atoms with Gasteiger partial charge < -0.3 is 14.8 Å². The average molecular weight is 372 g/mol. The zero-order valence-corrected chi connectivity index (χ0v) is 13.5. The third-order valence-corrected chi connectivity index (χ3v) is 3.70. The summed E-state index contributed by atoms with van der Waals surface area (Å²) < 4.78 is 48.9. The molecule has 1 unspecified atom stereocenters. The minimum absolute atomic E-state index is 0.00458. The summed E-state index contributed by atoms with van der Waals surface area (Å²) in [5.41, 5.74) is -0.694. The van der Waals surface area contributed by atoms with Gasteiger partial charge in [0.25, 0.3) is 5.91 Å². The molecule has 0 saturated carbocycles. The number of epoxide rings is 1. The molecule has 1 saturated heterocycles. The molecule has 0 spiro atoms. The third-order valence-electron chi connectivity index (χ3n) is 3.46. The van der Waals surface area contributed by atoms with Gasteiger partial charge in [-0.2, -0.15) is 13.2 Å². The zero-order valence-electron chi connectivity index (χ0n) is 12.8. The minimum Gasteiger partial charge on any atom is -0.490 e. The standard InChI is InChI=1S/C17H13ClF3NO3/c18-11-4-5-15(25-9-13-8-24-13)14(7-11)16(23)22-12-3-1-2-10(6-12)17(19,20)21/h1-7,13H,8-9H2,(H,22,23). The van der Waals surface area contributed by atoms with Gasteiger partial charge in [-0.1, -0.05) is 17.7 Å². The van der Waals surface area contributed by atoms with Crippen LogP contribution in [0.1, 0.15) is 15.9 Å². The molecule has 8 heteroatoms. The molecule has 0 aliphatic carbocycles. The Morgan fingerprint density at radius 2 is 2.04 bits per heavy atom. The highest BCUT2D eigenvalue weighted by Gasteiger charge is 2.30. The van der Waals surface area contributed by atoms with E-state index in [0.717, 1.165) is 12.1 Å². The van der Waals surface area contributed by atoms with E-state index in [1.807, 2.05) is 0 Å². The maximum Gasteiger partial charge on any atom is 0.416 e. The molecule has 1 amide bonds. The maximum absolute atomic E-state index is 12.8. The van der Waals surface area contributed by atoms with Crippen LogP contribution in [0, 0.1) is 0 Å². The van der Waals surface area contributed by atoms with Crippen LogP contribution in [-0.4, -0.2) is 25.2 Å². The van der Waals surface area contributed by atoms with E-state index in [-0.39, 0.29) is 29.7 Å². The summed E-state index contributed by atoms with van der Waals surface area (Å²) in [5, 5.41) is 2.74. The van der Waals surface area contributed by atoms with Crippen molar-refractivity contribution in [1.29, 1.82) is 0 Å². The van der Waals surface area contributed by atoms with E-state index in [2.05, 4.69) is 5.32 Å². The number of carbonyl (C=O) groups is 1. The van der Waals surface area contributed by atoms with Gasteiger partial charge in [-0.3, -0.25) is 4.79 Å². The number of alkyl halides is 3. The van der Waals surface area contributed by atoms with Crippen molar-refractivity contribution in [3.8, 4) is 5.75 Å². The Hall–Kier alpha value is -2.25. The fraction of sp³-hybridized carbons (Fsp3) is 0.235. The second-order valence-electron chi connectivity index (χ2n) is 5.44. The third kappa shape index (κ3) is 4.64. The molecule has 2 aromatic rings. The molecule has 3 rings (SSSR count). The second-order valence-corrected chi connectivity index (χ2v) is 5.88. The van der Waals surface area contributed by atoms with E-state index in [4.69, 9.17) is 21.1 Å². The molecule has 1 N–H and O–H groups in total. The van der Waals surface area contributed by atoms with Gasteiger partial charge in [0.2, 0.25) is 0 Å². The van der Waals surface area contributed by atoms with Crippen molar-refractivity contribution in [2.45, 2.75) is 12.3 Å². The second kappa shape index (κ2) is 6.93. The predicted octanol–water partition coefficient (Wildman–Crippen LogP) is 4.39. The van der Waals surface area contributed by atoms with Crippen LogP contribution in [0.5, 0.6) is 5.75 Å². The molecule has 1 fully saturated rings. The van der Waals surface area contributed by atoms with Crippen LogP contribution >= 0.6 is 11.6 Å².